The molecule has 6 heteroatoms. The molecule has 1 amide bonds. The number of nitrogens with one attached hydrogen (secondary N) is 1. The molecule has 0 aliphatic heterocycles. The van der Waals surface area contributed by atoms with Crippen molar-refractivity contribution in [1.29, 1.82) is 0 Å². The van der Waals surface area contributed by atoms with E-state index in [0.717, 1.165) is 6.42 Å². The van der Waals surface area contributed by atoms with Gasteiger partial charge >= 0.3 is 5.97 Å². The molecule has 0 spiro atoms. The average Bonchev–Trinajstić information content (AvgIpc) is 3.05. The number of carboxylic acid groups (broad SMARTS) is 1. The Balaban J connectivity index is 1.97. The van der Waals surface area contributed by atoms with Gasteiger partial charge in [0, 0.05) is 23.9 Å². The number of hydrogen-bond donors (Lipinski definition) is 2. The average molecular weight is 307 g/mol. The van der Waals surface area contributed by atoms with Crippen LogP contribution in [0.15, 0.2) is 21.9 Å². The number of furan rings is 1. The Hall–Kier alpha value is -2.08. The molecule has 2 heterocycles. The van der Waals surface area contributed by atoms with Gasteiger partial charge in [0.1, 0.15) is 11.3 Å². The van der Waals surface area contributed by atoms with Crippen LogP contribution < -0.4 is 5.32 Å². The van der Waals surface area contributed by atoms with Crippen LogP contribution in [-0.2, 0) is 12.8 Å². The van der Waals surface area contributed by atoms with Gasteiger partial charge in [-0.3, -0.25) is 4.79 Å². The minimum Gasteiger partial charge on any atom is -0.478 e. The Morgan fingerprint density at radius 3 is 2.71 bits per heavy atom. The van der Waals surface area contributed by atoms with Crippen molar-refractivity contribution in [3.63, 3.8) is 0 Å². The van der Waals surface area contributed by atoms with E-state index < -0.39 is 5.97 Å². The molecule has 2 aromatic rings. The molecule has 5 nitrogen and oxygen atoms in total. The topological polar surface area (TPSA) is 79.5 Å². The minimum absolute atomic E-state index is 0.0483. The first kappa shape index (κ1) is 15.3. The maximum absolute atomic E-state index is 12.0. The van der Waals surface area contributed by atoms with Crippen LogP contribution in [0.4, 0.5) is 0 Å². The summed E-state index contributed by atoms with van der Waals surface area (Å²) in [7, 11) is 0. The van der Waals surface area contributed by atoms with Crippen molar-refractivity contribution in [1.82, 2.24) is 5.32 Å². The molecular weight excluding hydrogens is 290 g/mol. The van der Waals surface area contributed by atoms with Crippen LogP contribution in [0.25, 0.3) is 0 Å². The number of carboxylic acids is 1. The summed E-state index contributed by atoms with van der Waals surface area (Å²) in [6.45, 7) is 4.31. The lowest BCUT2D eigenvalue weighted by Crippen LogP contribution is -2.25. The fourth-order valence-corrected chi connectivity index (χ4v) is 2.93. The molecule has 0 aromatic carbocycles. The summed E-state index contributed by atoms with van der Waals surface area (Å²) < 4.78 is 5.31. The molecule has 112 valence electrons. The van der Waals surface area contributed by atoms with Gasteiger partial charge in [-0.15, -0.1) is 11.3 Å². The van der Waals surface area contributed by atoms with Gasteiger partial charge in [-0.1, -0.05) is 6.92 Å². The second-order valence-corrected chi connectivity index (χ2v) is 5.64. The van der Waals surface area contributed by atoms with E-state index in [0.29, 0.717) is 18.7 Å². The normalized spacial score (nSPS) is 10.6. The molecule has 2 rings (SSSR count). The third kappa shape index (κ3) is 3.52. The van der Waals surface area contributed by atoms with Crippen LogP contribution in [0.2, 0.25) is 0 Å². The van der Waals surface area contributed by atoms with Crippen molar-refractivity contribution in [2.24, 2.45) is 0 Å². The summed E-state index contributed by atoms with van der Waals surface area (Å²) in [6, 6.07) is 3.33. The van der Waals surface area contributed by atoms with E-state index in [-0.39, 0.29) is 17.2 Å². The van der Waals surface area contributed by atoms with Crippen molar-refractivity contribution in [3.05, 3.63) is 45.0 Å². The number of aryl methyl sites for hydroxylation is 2. The van der Waals surface area contributed by atoms with Crippen molar-refractivity contribution >= 4 is 23.2 Å². The van der Waals surface area contributed by atoms with E-state index in [4.69, 9.17) is 9.52 Å². The number of amides is 1. The SMILES string of the molecule is CCc1oc(C(=O)NCCc2sccc2C)cc1C(=O)O. The lowest BCUT2D eigenvalue weighted by Gasteiger charge is -2.02. The summed E-state index contributed by atoms with van der Waals surface area (Å²) in [5.74, 6) is -1.09. The summed E-state index contributed by atoms with van der Waals surface area (Å²) in [4.78, 5) is 24.2. The second kappa shape index (κ2) is 6.58. The Labute approximate surface area is 126 Å². The van der Waals surface area contributed by atoms with Crippen LogP contribution in [-0.4, -0.2) is 23.5 Å². The standard InChI is InChI=1S/C15H17NO4S/c1-3-11-10(15(18)19)8-12(20-11)14(17)16-6-4-13-9(2)5-7-21-13/h5,7-8H,3-4,6H2,1-2H3,(H,16,17)(H,18,19). The zero-order valence-electron chi connectivity index (χ0n) is 11.9. The fourth-order valence-electron chi connectivity index (χ4n) is 2.02. The first-order valence-electron chi connectivity index (χ1n) is 6.70. The van der Waals surface area contributed by atoms with Crippen LogP contribution in [0, 0.1) is 6.92 Å². The highest BCUT2D eigenvalue weighted by atomic mass is 32.1. The molecule has 0 bridgehead atoms. The summed E-state index contributed by atoms with van der Waals surface area (Å²) >= 11 is 1.66. The molecule has 0 radical (unpaired) electrons. The van der Waals surface area contributed by atoms with Crippen LogP contribution in [0.5, 0.6) is 0 Å². The molecule has 2 aromatic heterocycles. The number of aromatic carboxylic acids is 1. The van der Waals surface area contributed by atoms with Crippen LogP contribution in [0.3, 0.4) is 0 Å². The lowest BCUT2D eigenvalue weighted by molar-refractivity contribution is 0.0694. The first-order valence-corrected chi connectivity index (χ1v) is 7.58. The van der Waals surface area contributed by atoms with E-state index in [2.05, 4.69) is 5.32 Å². The Morgan fingerprint density at radius 2 is 2.19 bits per heavy atom. The Bertz CT molecular complexity index is 656. The van der Waals surface area contributed by atoms with Crippen molar-refractivity contribution < 1.29 is 19.1 Å². The fraction of sp³-hybridized carbons (Fsp3) is 0.333. The number of hydrogen-bond acceptors (Lipinski definition) is 4. The molecule has 0 aliphatic rings. The molecule has 0 aliphatic carbocycles. The zero-order valence-corrected chi connectivity index (χ0v) is 12.8. The van der Waals surface area contributed by atoms with Crippen LogP contribution >= 0.6 is 11.3 Å². The van der Waals surface area contributed by atoms with E-state index in [9.17, 15) is 9.59 Å². The first-order chi connectivity index (χ1) is 10.0. The largest absolute Gasteiger partial charge is 0.478 e. The molecule has 0 saturated heterocycles. The molecule has 0 saturated carbocycles. The van der Waals surface area contributed by atoms with Gasteiger partial charge < -0.3 is 14.8 Å². The van der Waals surface area contributed by atoms with Gasteiger partial charge in [-0.2, -0.15) is 0 Å². The van der Waals surface area contributed by atoms with Gasteiger partial charge in [0.05, 0.1) is 0 Å². The molecule has 0 unspecified atom stereocenters. The molecule has 2 N–H and O–H groups in total. The molecular formula is C15H17NO4S. The van der Waals surface area contributed by atoms with Gasteiger partial charge in [-0.25, -0.2) is 4.79 Å². The highest BCUT2D eigenvalue weighted by Gasteiger charge is 2.19. The van der Waals surface area contributed by atoms with Crippen molar-refractivity contribution in [3.8, 4) is 0 Å². The minimum atomic E-state index is -1.08. The zero-order chi connectivity index (χ0) is 15.4. The molecule has 0 fully saturated rings. The van der Waals surface area contributed by atoms with Crippen LogP contribution in [0.1, 0.15) is 44.0 Å². The quantitative estimate of drug-likeness (QED) is 0.860. The van der Waals surface area contributed by atoms with E-state index in [1.165, 1.54) is 16.5 Å². The monoisotopic (exact) mass is 307 g/mol. The predicted octanol–water partition coefficient (Wildman–Crippen LogP) is 2.88. The maximum Gasteiger partial charge on any atom is 0.339 e. The summed E-state index contributed by atoms with van der Waals surface area (Å²) in [6.07, 6.45) is 1.19. The third-order valence-corrected chi connectivity index (χ3v) is 4.27. The van der Waals surface area contributed by atoms with Crippen molar-refractivity contribution in [2.45, 2.75) is 26.7 Å². The number of thiophene rings is 1. The van der Waals surface area contributed by atoms with E-state index in [1.54, 1.807) is 18.3 Å². The molecule has 21 heavy (non-hydrogen) atoms. The highest BCUT2D eigenvalue weighted by molar-refractivity contribution is 7.10. The van der Waals surface area contributed by atoms with Gasteiger partial charge in [0.2, 0.25) is 0 Å². The molecule has 0 atom stereocenters. The van der Waals surface area contributed by atoms with Gasteiger partial charge in [-0.05, 0) is 30.4 Å². The van der Waals surface area contributed by atoms with Crippen molar-refractivity contribution in [2.75, 3.05) is 6.54 Å². The number of carbonyl (C=O) groups is 2. The highest BCUT2D eigenvalue weighted by Crippen LogP contribution is 2.17. The summed E-state index contributed by atoms with van der Waals surface area (Å²) in [5.41, 5.74) is 1.27. The number of rotatable bonds is 6. The van der Waals surface area contributed by atoms with Gasteiger partial charge in [0.25, 0.3) is 5.91 Å². The predicted molar refractivity (Wildman–Crippen MR) is 80.1 cm³/mol. The van der Waals surface area contributed by atoms with Gasteiger partial charge in [0.15, 0.2) is 5.76 Å². The Kier molecular flexibility index (Phi) is 4.80. The second-order valence-electron chi connectivity index (χ2n) is 4.64. The number of carbonyl (C=O) groups excluding carboxylic acids is 1. The van der Waals surface area contributed by atoms with E-state index >= 15 is 0 Å². The lowest BCUT2D eigenvalue weighted by atomic mass is 10.2. The third-order valence-electron chi connectivity index (χ3n) is 3.19. The maximum atomic E-state index is 12.0. The Morgan fingerprint density at radius 1 is 1.43 bits per heavy atom. The van der Waals surface area contributed by atoms with E-state index in [1.807, 2.05) is 18.4 Å². The smallest absolute Gasteiger partial charge is 0.339 e. The summed E-state index contributed by atoms with van der Waals surface area (Å²) in [5, 5.41) is 13.8.